The molecule has 2 heterocycles. The minimum absolute atomic E-state index is 0.223. The molecule has 4 rings (SSSR count). The number of methoxy groups -OCH3 is 2. The SMILES string of the molecule is COc1ccc(-c2cc(NC(=O)c3cccc(C)c3)n(-c3ccccn3)n2)cc1OC. The maximum Gasteiger partial charge on any atom is 0.256 e. The Morgan fingerprint density at radius 2 is 1.77 bits per heavy atom. The van der Waals surface area contributed by atoms with Crippen LogP contribution >= 0.6 is 0 Å². The van der Waals surface area contributed by atoms with E-state index in [0.29, 0.717) is 34.4 Å². The molecule has 0 aliphatic carbocycles. The zero-order valence-electron chi connectivity index (χ0n) is 17.5. The van der Waals surface area contributed by atoms with E-state index in [1.54, 1.807) is 31.2 Å². The lowest BCUT2D eigenvalue weighted by Gasteiger charge is -2.08. The van der Waals surface area contributed by atoms with Crippen molar-refractivity contribution in [2.45, 2.75) is 6.92 Å². The zero-order valence-corrected chi connectivity index (χ0v) is 17.5. The molecule has 7 nitrogen and oxygen atoms in total. The molecular weight excluding hydrogens is 392 g/mol. The number of nitrogens with one attached hydrogen (secondary N) is 1. The maximum absolute atomic E-state index is 12.9. The molecule has 2 aromatic carbocycles. The normalized spacial score (nSPS) is 10.5. The Kier molecular flexibility index (Phi) is 5.66. The summed E-state index contributed by atoms with van der Waals surface area (Å²) in [5.41, 5.74) is 3.06. The third-order valence-corrected chi connectivity index (χ3v) is 4.78. The van der Waals surface area contributed by atoms with Crippen LogP contribution in [0, 0.1) is 6.92 Å². The van der Waals surface area contributed by atoms with E-state index < -0.39 is 0 Å². The van der Waals surface area contributed by atoms with Gasteiger partial charge < -0.3 is 14.8 Å². The van der Waals surface area contributed by atoms with Crippen LogP contribution in [-0.4, -0.2) is 34.9 Å². The Hall–Kier alpha value is -4.13. The van der Waals surface area contributed by atoms with Crippen molar-refractivity contribution in [2.75, 3.05) is 19.5 Å². The van der Waals surface area contributed by atoms with Crippen LogP contribution in [0.2, 0.25) is 0 Å². The van der Waals surface area contributed by atoms with Crippen molar-refractivity contribution < 1.29 is 14.3 Å². The van der Waals surface area contributed by atoms with Gasteiger partial charge in [-0.15, -0.1) is 0 Å². The number of rotatable bonds is 6. The molecule has 0 saturated heterocycles. The lowest BCUT2D eigenvalue weighted by Crippen LogP contribution is -2.15. The van der Waals surface area contributed by atoms with Crippen molar-refractivity contribution in [3.8, 4) is 28.6 Å². The van der Waals surface area contributed by atoms with Gasteiger partial charge in [0.05, 0.1) is 19.9 Å². The second-order valence-electron chi connectivity index (χ2n) is 6.91. The third kappa shape index (κ3) is 4.25. The molecule has 31 heavy (non-hydrogen) atoms. The minimum atomic E-state index is -0.223. The molecule has 7 heteroatoms. The molecule has 0 bridgehead atoms. The van der Waals surface area contributed by atoms with Gasteiger partial charge in [0.1, 0.15) is 5.82 Å². The van der Waals surface area contributed by atoms with Gasteiger partial charge in [0, 0.05) is 23.4 Å². The molecule has 0 aliphatic heterocycles. The van der Waals surface area contributed by atoms with Crippen molar-refractivity contribution in [1.82, 2.24) is 14.8 Å². The summed E-state index contributed by atoms with van der Waals surface area (Å²) in [6.07, 6.45) is 1.68. The number of nitrogens with zero attached hydrogens (tertiary/aromatic N) is 3. The summed E-state index contributed by atoms with van der Waals surface area (Å²) in [5.74, 6) is 2.10. The first-order chi connectivity index (χ1) is 15.1. The standard InChI is InChI=1S/C24H22N4O3/c1-16-7-6-8-18(13-16)24(29)26-23-15-19(27-28(23)22-9-4-5-12-25-22)17-10-11-20(30-2)21(14-17)31-3/h4-15H,1-3H3,(H,26,29). The fourth-order valence-electron chi connectivity index (χ4n) is 3.24. The number of hydrogen-bond acceptors (Lipinski definition) is 5. The highest BCUT2D eigenvalue weighted by atomic mass is 16.5. The molecule has 0 aliphatic rings. The highest BCUT2D eigenvalue weighted by Gasteiger charge is 2.17. The average Bonchev–Trinajstić information content (AvgIpc) is 3.22. The van der Waals surface area contributed by atoms with Crippen LogP contribution in [0.15, 0.2) is 72.9 Å². The number of pyridine rings is 1. The predicted octanol–water partition coefficient (Wildman–Crippen LogP) is 4.51. The van der Waals surface area contributed by atoms with E-state index in [1.165, 1.54) is 0 Å². The van der Waals surface area contributed by atoms with Gasteiger partial charge >= 0.3 is 0 Å². The van der Waals surface area contributed by atoms with Gasteiger partial charge in [-0.25, -0.2) is 4.98 Å². The van der Waals surface area contributed by atoms with E-state index >= 15 is 0 Å². The molecular formula is C24H22N4O3. The van der Waals surface area contributed by atoms with Crippen LogP contribution < -0.4 is 14.8 Å². The van der Waals surface area contributed by atoms with E-state index in [0.717, 1.165) is 11.1 Å². The molecule has 1 amide bonds. The molecule has 0 unspecified atom stereocenters. The predicted molar refractivity (Wildman–Crippen MR) is 119 cm³/mol. The number of carbonyl (C=O) groups is 1. The Morgan fingerprint density at radius 1 is 0.935 bits per heavy atom. The topological polar surface area (TPSA) is 78.3 Å². The summed E-state index contributed by atoms with van der Waals surface area (Å²) >= 11 is 0. The first kappa shape index (κ1) is 20.2. The fourth-order valence-corrected chi connectivity index (χ4v) is 3.24. The molecule has 156 valence electrons. The van der Waals surface area contributed by atoms with Crippen LogP contribution in [0.4, 0.5) is 5.82 Å². The van der Waals surface area contributed by atoms with Gasteiger partial charge in [-0.2, -0.15) is 9.78 Å². The van der Waals surface area contributed by atoms with Gasteiger partial charge in [-0.3, -0.25) is 4.79 Å². The van der Waals surface area contributed by atoms with E-state index in [9.17, 15) is 4.79 Å². The van der Waals surface area contributed by atoms with Gasteiger partial charge in [0.25, 0.3) is 5.91 Å². The molecule has 0 fully saturated rings. The van der Waals surface area contributed by atoms with Gasteiger partial charge in [0.2, 0.25) is 0 Å². The van der Waals surface area contributed by atoms with Crippen molar-refractivity contribution >= 4 is 11.7 Å². The monoisotopic (exact) mass is 414 g/mol. The van der Waals surface area contributed by atoms with Gasteiger partial charge in [0.15, 0.2) is 17.3 Å². The van der Waals surface area contributed by atoms with E-state index in [1.807, 2.05) is 67.6 Å². The Morgan fingerprint density at radius 3 is 2.48 bits per heavy atom. The quantitative estimate of drug-likeness (QED) is 0.502. The summed E-state index contributed by atoms with van der Waals surface area (Å²) < 4.78 is 12.3. The third-order valence-electron chi connectivity index (χ3n) is 4.78. The van der Waals surface area contributed by atoms with Crippen LogP contribution in [0.1, 0.15) is 15.9 Å². The molecule has 1 N–H and O–H groups in total. The summed E-state index contributed by atoms with van der Waals surface area (Å²) in [6.45, 7) is 1.95. The number of ether oxygens (including phenoxy) is 2. The lowest BCUT2D eigenvalue weighted by molar-refractivity contribution is 0.102. The second-order valence-corrected chi connectivity index (χ2v) is 6.91. The van der Waals surface area contributed by atoms with E-state index in [-0.39, 0.29) is 5.91 Å². The van der Waals surface area contributed by atoms with Crippen LogP contribution in [0.25, 0.3) is 17.1 Å². The number of aryl methyl sites for hydroxylation is 1. The van der Waals surface area contributed by atoms with Crippen LogP contribution in [0.5, 0.6) is 11.5 Å². The smallest absolute Gasteiger partial charge is 0.256 e. The van der Waals surface area contributed by atoms with E-state index in [2.05, 4.69) is 15.4 Å². The molecule has 0 spiro atoms. The first-order valence-electron chi connectivity index (χ1n) is 9.71. The Bertz CT molecular complexity index is 1220. The summed E-state index contributed by atoms with van der Waals surface area (Å²) in [5, 5.41) is 7.65. The van der Waals surface area contributed by atoms with Crippen molar-refractivity contribution in [3.63, 3.8) is 0 Å². The number of aromatic nitrogens is 3. The van der Waals surface area contributed by atoms with Crippen LogP contribution in [-0.2, 0) is 0 Å². The molecule has 0 radical (unpaired) electrons. The second kappa shape index (κ2) is 8.71. The number of anilines is 1. The van der Waals surface area contributed by atoms with Crippen LogP contribution in [0.3, 0.4) is 0 Å². The Labute approximate surface area is 180 Å². The minimum Gasteiger partial charge on any atom is -0.493 e. The zero-order chi connectivity index (χ0) is 21.8. The molecule has 0 saturated carbocycles. The highest BCUT2D eigenvalue weighted by Crippen LogP contribution is 2.33. The summed E-state index contributed by atoms with van der Waals surface area (Å²) in [6, 6.07) is 20.3. The Balaban J connectivity index is 1.76. The summed E-state index contributed by atoms with van der Waals surface area (Å²) in [4.78, 5) is 17.2. The molecule has 2 aromatic heterocycles. The molecule has 0 atom stereocenters. The highest BCUT2D eigenvalue weighted by molar-refractivity contribution is 6.04. The number of carbonyl (C=O) groups excluding carboxylic acids is 1. The van der Waals surface area contributed by atoms with E-state index in [4.69, 9.17) is 9.47 Å². The first-order valence-corrected chi connectivity index (χ1v) is 9.71. The lowest BCUT2D eigenvalue weighted by atomic mass is 10.1. The number of benzene rings is 2. The van der Waals surface area contributed by atoms with Crippen molar-refractivity contribution in [3.05, 3.63) is 84.1 Å². The maximum atomic E-state index is 12.9. The summed E-state index contributed by atoms with van der Waals surface area (Å²) in [7, 11) is 3.17. The fraction of sp³-hybridized carbons (Fsp3) is 0.125. The van der Waals surface area contributed by atoms with Crippen molar-refractivity contribution in [2.24, 2.45) is 0 Å². The number of hydrogen-bond donors (Lipinski definition) is 1. The number of amides is 1. The average molecular weight is 414 g/mol. The van der Waals surface area contributed by atoms with Gasteiger partial charge in [-0.05, 0) is 49.4 Å². The largest absolute Gasteiger partial charge is 0.493 e. The molecule has 4 aromatic rings. The van der Waals surface area contributed by atoms with Gasteiger partial charge in [-0.1, -0.05) is 23.8 Å². The van der Waals surface area contributed by atoms with Crippen molar-refractivity contribution in [1.29, 1.82) is 0 Å².